The summed E-state index contributed by atoms with van der Waals surface area (Å²) < 4.78 is 0. The Bertz CT molecular complexity index is 199. The van der Waals surface area contributed by atoms with Gasteiger partial charge >= 0.3 is 27.0 Å². The molecule has 0 fully saturated rings. The quantitative estimate of drug-likeness (QED) is 0.371. The van der Waals surface area contributed by atoms with Crippen LogP contribution in [0.3, 0.4) is 0 Å². The standard InChI is InChI=1S/C12H19S.ClH.Zn/c1-2-3-4-5-6-7-9-12-10-8-11-13-12;;/h10-11H,2-7,9H2,1H3;1H;/q-1;;+2/p-1. The molecule has 0 aliphatic rings. The molecule has 0 aromatic carbocycles. The third-order valence-corrected chi connectivity index (χ3v) is 3.18. The normalized spacial score (nSPS) is 9.60. The van der Waals surface area contributed by atoms with E-state index in [1.165, 1.54) is 49.8 Å². The number of hydrogen-bond donors (Lipinski definition) is 0. The molecule has 0 N–H and O–H groups in total. The summed E-state index contributed by atoms with van der Waals surface area (Å²) >= 11 is 2.68. The molecule has 0 unspecified atom stereocenters. The zero-order valence-corrected chi connectivity index (χ0v) is 14.1. The molecule has 1 rings (SSSR count). The average molecular weight is 296 g/mol. The Kier molecular flexibility index (Phi) is 13.2. The predicted octanol–water partition coefficient (Wildman–Crippen LogP) is 5.14. The minimum absolute atomic E-state index is 0.847. The Labute approximate surface area is 112 Å². The van der Waals surface area contributed by atoms with Crippen molar-refractivity contribution in [1.29, 1.82) is 0 Å². The van der Waals surface area contributed by atoms with E-state index in [2.05, 4.69) is 19.1 Å². The number of unbranched alkanes of at least 4 members (excludes halogenated alkanes) is 5. The number of thiophene rings is 1. The van der Waals surface area contributed by atoms with Gasteiger partial charge in [-0.1, -0.05) is 51.9 Å². The summed E-state index contributed by atoms with van der Waals surface area (Å²) in [6, 6.07) is 5.23. The second-order valence-corrected chi connectivity index (χ2v) is 4.53. The van der Waals surface area contributed by atoms with Crippen LogP contribution in [0.5, 0.6) is 0 Å². The van der Waals surface area contributed by atoms with Gasteiger partial charge in [0.05, 0.1) is 0 Å². The fourth-order valence-corrected chi connectivity index (χ4v) is 2.17. The van der Waals surface area contributed by atoms with Gasteiger partial charge in [-0.25, -0.2) is 12.1 Å². The van der Waals surface area contributed by atoms with Crippen molar-refractivity contribution in [1.82, 2.24) is 0 Å². The van der Waals surface area contributed by atoms with Gasteiger partial charge in [-0.3, -0.25) is 11.3 Å². The molecule has 82 valence electrons. The maximum absolute atomic E-state index is 4.76. The Balaban J connectivity index is 0.000000921. The molecule has 0 amide bonds. The molecular weight excluding hydrogens is 277 g/mol. The average Bonchev–Trinajstić information content (AvgIpc) is 2.79. The minimum atomic E-state index is 0.847. The zero-order chi connectivity index (χ0) is 11.4. The first-order chi connectivity index (χ1) is 7.43. The molecule has 0 radical (unpaired) electrons. The van der Waals surface area contributed by atoms with E-state index in [1.54, 1.807) is 0 Å². The molecule has 0 bridgehead atoms. The van der Waals surface area contributed by atoms with Crippen molar-refractivity contribution in [2.24, 2.45) is 0 Å². The predicted molar refractivity (Wildman–Crippen MR) is 66.1 cm³/mol. The summed E-state index contributed by atoms with van der Waals surface area (Å²) in [5, 5.41) is 2.05. The summed E-state index contributed by atoms with van der Waals surface area (Å²) in [5.41, 5.74) is 0. The first-order valence-corrected chi connectivity index (χ1v) is 10.4. The summed E-state index contributed by atoms with van der Waals surface area (Å²) in [6.45, 7) is 2.27. The van der Waals surface area contributed by atoms with E-state index in [4.69, 9.17) is 9.69 Å². The molecular formula is C12H19ClSZn. The van der Waals surface area contributed by atoms with E-state index >= 15 is 0 Å². The van der Waals surface area contributed by atoms with Crippen LogP contribution in [0.1, 0.15) is 50.3 Å². The van der Waals surface area contributed by atoms with Crippen LogP contribution in [0.2, 0.25) is 0 Å². The van der Waals surface area contributed by atoms with Gasteiger partial charge < -0.3 is 0 Å². The van der Waals surface area contributed by atoms with Gasteiger partial charge in [-0.05, 0) is 0 Å². The molecule has 0 atom stereocenters. The summed E-state index contributed by atoms with van der Waals surface area (Å²) in [5.74, 6) is 0. The van der Waals surface area contributed by atoms with Gasteiger partial charge in [0.2, 0.25) is 0 Å². The molecule has 0 saturated heterocycles. The number of halogens is 1. The van der Waals surface area contributed by atoms with Gasteiger partial charge in [-0.15, -0.1) is 10.3 Å². The van der Waals surface area contributed by atoms with Crippen molar-refractivity contribution in [3.05, 3.63) is 22.4 Å². The molecule has 0 spiro atoms. The third kappa shape index (κ3) is 9.54. The van der Waals surface area contributed by atoms with Crippen LogP contribution in [-0.2, 0) is 23.7 Å². The summed E-state index contributed by atoms with van der Waals surface area (Å²) in [6.07, 6.45) is 9.62. The van der Waals surface area contributed by atoms with Crippen LogP contribution in [0.15, 0.2) is 11.4 Å². The fraction of sp³-hybridized carbons (Fsp3) is 0.667. The van der Waals surface area contributed by atoms with Crippen LogP contribution in [-0.4, -0.2) is 0 Å². The number of hydrogen-bond acceptors (Lipinski definition) is 1. The fourth-order valence-electron chi connectivity index (χ4n) is 1.48. The Morgan fingerprint density at radius 1 is 1.20 bits per heavy atom. The van der Waals surface area contributed by atoms with E-state index in [1.807, 2.05) is 16.7 Å². The number of rotatable bonds is 7. The molecule has 1 aromatic heterocycles. The van der Waals surface area contributed by atoms with Crippen molar-refractivity contribution in [3.8, 4) is 0 Å². The van der Waals surface area contributed by atoms with Crippen molar-refractivity contribution in [2.45, 2.75) is 51.9 Å². The van der Waals surface area contributed by atoms with Crippen molar-refractivity contribution >= 4 is 21.0 Å². The van der Waals surface area contributed by atoms with Gasteiger partial charge in [0.1, 0.15) is 0 Å². The first kappa shape index (κ1) is 15.6. The summed E-state index contributed by atoms with van der Waals surface area (Å²) in [4.78, 5) is 1.50. The van der Waals surface area contributed by atoms with Crippen molar-refractivity contribution in [2.75, 3.05) is 0 Å². The second kappa shape index (κ2) is 12.7. The zero-order valence-electron chi connectivity index (χ0n) is 9.60. The third-order valence-electron chi connectivity index (χ3n) is 2.30. The van der Waals surface area contributed by atoms with E-state index in [-0.39, 0.29) is 0 Å². The molecule has 0 saturated carbocycles. The topological polar surface area (TPSA) is 0 Å². The van der Waals surface area contributed by atoms with E-state index in [0.29, 0.717) is 0 Å². The Hall–Kier alpha value is 0.613. The molecule has 0 nitrogen and oxygen atoms in total. The van der Waals surface area contributed by atoms with E-state index in [9.17, 15) is 0 Å². The van der Waals surface area contributed by atoms with E-state index < -0.39 is 0 Å². The van der Waals surface area contributed by atoms with Gasteiger partial charge in [0.25, 0.3) is 0 Å². The van der Waals surface area contributed by atoms with E-state index in [0.717, 1.165) is 17.3 Å². The van der Waals surface area contributed by atoms with Crippen LogP contribution in [0.25, 0.3) is 0 Å². The summed E-state index contributed by atoms with van der Waals surface area (Å²) in [7, 11) is 4.76. The van der Waals surface area contributed by atoms with Crippen LogP contribution >= 0.6 is 21.0 Å². The maximum atomic E-state index is 4.76. The van der Waals surface area contributed by atoms with Gasteiger partial charge in [-0.2, -0.15) is 0 Å². The molecule has 0 aliphatic carbocycles. The van der Waals surface area contributed by atoms with Crippen LogP contribution in [0, 0.1) is 6.07 Å². The monoisotopic (exact) mass is 294 g/mol. The second-order valence-electron chi connectivity index (χ2n) is 3.53. The van der Waals surface area contributed by atoms with Gasteiger partial charge in [0.15, 0.2) is 0 Å². The molecule has 1 heterocycles. The Morgan fingerprint density at radius 3 is 2.47 bits per heavy atom. The van der Waals surface area contributed by atoms with Crippen LogP contribution in [0.4, 0.5) is 0 Å². The molecule has 15 heavy (non-hydrogen) atoms. The van der Waals surface area contributed by atoms with Crippen molar-refractivity contribution < 1.29 is 17.3 Å². The molecule has 0 aliphatic heterocycles. The van der Waals surface area contributed by atoms with Crippen LogP contribution < -0.4 is 0 Å². The molecule has 1 aromatic rings. The molecule has 3 heteroatoms. The Morgan fingerprint density at radius 2 is 1.87 bits per heavy atom. The number of aryl methyl sites for hydroxylation is 1. The first-order valence-electron chi connectivity index (χ1n) is 5.63. The SMILES string of the molecule is CCCCCCCCc1c[c-]cs1.[Cl][Zn+]. The van der Waals surface area contributed by atoms with Crippen molar-refractivity contribution in [3.63, 3.8) is 0 Å². The van der Waals surface area contributed by atoms with Gasteiger partial charge in [0, 0.05) is 0 Å².